The first-order valence-electron chi connectivity index (χ1n) is 10.6. The molecular formula is C24H31NO7S. The molecule has 0 saturated heterocycles. The molecule has 33 heavy (non-hydrogen) atoms. The molecule has 2 rings (SSSR count). The number of carbonyl (C=O) groups is 2. The van der Waals surface area contributed by atoms with Gasteiger partial charge in [0.05, 0.1) is 13.0 Å². The van der Waals surface area contributed by atoms with Crippen LogP contribution in [0, 0.1) is 6.92 Å². The van der Waals surface area contributed by atoms with Crippen LogP contribution in [-0.2, 0) is 24.4 Å². The van der Waals surface area contributed by atoms with Crippen molar-refractivity contribution >= 4 is 22.2 Å². The lowest BCUT2D eigenvalue weighted by Crippen LogP contribution is -2.35. The molecule has 8 nitrogen and oxygen atoms in total. The summed E-state index contributed by atoms with van der Waals surface area (Å²) in [5.41, 5.74) is 0.993. The van der Waals surface area contributed by atoms with E-state index in [9.17, 15) is 18.0 Å². The number of rotatable bonds is 9. The second-order valence-electron chi connectivity index (χ2n) is 8.51. The Labute approximate surface area is 195 Å². The fraction of sp³-hybridized carbons (Fsp3) is 0.417. The Bertz CT molecular complexity index is 1040. The predicted octanol–water partition coefficient (Wildman–Crippen LogP) is 4.32. The number of esters is 1. The van der Waals surface area contributed by atoms with E-state index in [1.54, 1.807) is 52.0 Å². The Morgan fingerprint density at radius 2 is 1.61 bits per heavy atom. The van der Waals surface area contributed by atoms with E-state index in [4.69, 9.17) is 13.7 Å². The first-order chi connectivity index (χ1) is 15.4. The second-order valence-corrected chi connectivity index (χ2v) is 10.1. The number of hydrogen-bond donors (Lipinski definition) is 1. The number of ether oxygens (including phenoxy) is 2. The number of amides is 1. The van der Waals surface area contributed by atoms with Crippen molar-refractivity contribution in [1.29, 1.82) is 0 Å². The summed E-state index contributed by atoms with van der Waals surface area (Å²) in [6.45, 7) is 9.22. The van der Waals surface area contributed by atoms with Gasteiger partial charge in [0.1, 0.15) is 16.2 Å². The van der Waals surface area contributed by atoms with Gasteiger partial charge >= 0.3 is 22.2 Å². The van der Waals surface area contributed by atoms with Gasteiger partial charge in [-0.25, -0.2) is 4.79 Å². The van der Waals surface area contributed by atoms with Crippen LogP contribution in [0.3, 0.4) is 0 Å². The van der Waals surface area contributed by atoms with E-state index >= 15 is 0 Å². The summed E-state index contributed by atoms with van der Waals surface area (Å²) in [5, 5.41) is 2.67. The van der Waals surface area contributed by atoms with E-state index < -0.39 is 33.7 Å². The van der Waals surface area contributed by atoms with Crippen LogP contribution < -0.4 is 9.50 Å². The van der Waals surface area contributed by atoms with Crippen LogP contribution in [0.1, 0.15) is 51.2 Å². The Kier molecular flexibility index (Phi) is 8.87. The van der Waals surface area contributed by atoms with Gasteiger partial charge in [-0.15, -0.1) is 0 Å². The lowest BCUT2D eigenvalue weighted by molar-refractivity contribution is -0.143. The van der Waals surface area contributed by atoms with Crippen molar-refractivity contribution < 1.29 is 31.7 Å². The van der Waals surface area contributed by atoms with E-state index in [0.717, 1.165) is 5.56 Å². The zero-order valence-corrected chi connectivity index (χ0v) is 20.4. The lowest BCUT2D eigenvalue weighted by atomic mass is 9.95. The van der Waals surface area contributed by atoms with E-state index in [2.05, 4.69) is 5.32 Å². The van der Waals surface area contributed by atoms with Gasteiger partial charge in [-0.05, 0) is 64.4 Å². The topological polar surface area (TPSA) is 108 Å². The summed E-state index contributed by atoms with van der Waals surface area (Å²) in [4.78, 5) is 24.2. The summed E-state index contributed by atoms with van der Waals surface area (Å²) in [6, 6.07) is 12.7. The summed E-state index contributed by atoms with van der Waals surface area (Å²) >= 11 is 0. The smallest absolute Gasteiger partial charge is 0.407 e. The molecule has 0 bridgehead atoms. The van der Waals surface area contributed by atoms with Crippen molar-refractivity contribution in [3.05, 3.63) is 59.7 Å². The van der Waals surface area contributed by atoms with Crippen LogP contribution in [0.15, 0.2) is 53.4 Å². The van der Waals surface area contributed by atoms with Gasteiger partial charge < -0.3 is 19.0 Å². The molecule has 0 aliphatic carbocycles. The van der Waals surface area contributed by atoms with Gasteiger partial charge in [-0.3, -0.25) is 4.79 Å². The van der Waals surface area contributed by atoms with Crippen molar-refractivity contribution in [2.24, 2.45) is 0 Å². The first kappa shape index (κ1) is 26.2. The number of aryl methyl sites for hydroxylation is 1. The molecule has 0 aliphatic heterocycles. The maximum Gasteiger partial charge on any atom is 0.407 e. The molecule has 1 unspecified atom stereocenters. The van der Waals surface area contributed by atoms with E-state index in [1.807, 2.05) is 6.92 Å². The fourth-order valence-corrected chi connectivity index (χ4v) is 3.86. The highest BCUT2D eigenvalue weighted by molar-refractivity contribution is 7.87. The Morgan fingerprint density at radius 1 is 1.00 bits per heavy atom. The molecule has 0 radical (unpaired) electrons. The van der Waals surface area contributed by atoms with Crippen molar-refractivity contribution in [2.45, 2.75) is 57.5 Å². The van der Waals surface area contributed by atoms with Crippen LogP contribution in [0.5, 0.6) is 5.75 Å². The molecule has 0 saturated carbocycles. The van der Waals surface area contributed by atoms with Gasteiger partial charge in [0.15, 0.2) is 0 Å². The number of hydrogen-bond acceptors (Lipinski definition) is 7. The predicted molar refractivity (Wildman–Crippen MR) is 124 cm³/mol. The maximum atomic E-state index is 12.5. The highest BCUT2D eigenvalue weighted by Crippen LogP contribution is 2.25. The van der Waals surface area contributed by atoms with Gasteiger partial charge in [0, 0.05) is 12.5 Å². The van der Waals surface area contributed by atoms with Gasteiger partial charge in [-0.2, -0.15) is 8.42 Å². The SMILES string of the molecule is CCOC(=O)CC(CNC(=O)OC(C)(C)C)c1ccc(OS(=O)(=O)c2ccc(C)cc2)cc1. The van der Waals surface area contributed by atoms with Crippen LogP contribution in [0.25, 0.3) is 0 Å². The van der Waals surface area contributed by atoms with E-state index in [-0.39, 0.29) is 30.2 Å². The van der Waals surface area contributed by atoms with Crippen LogP contribution in [-0.4, -0.2) is 39.2 Å². The zero-order chi connectivity index (χ0) is 24.6. The molecule has 0 fully saturated rings. The van der Waals surface area contributed by atoms with Crippen molar-refractivity contribution in [2.75, 3.05) is 13.2 Å². The molecule has 9 heteroatoms. The van der Waals surface area contributed by atoms with Crippen LogP contribution >= 0.6 is 0 Å². The molecule has 2 aromatic rings. The zero-order valence-electron chi connectivity index (χ0n) is 19.6. The minimum atomic E-state index is -3.98. The Hall–Kier alpha value is -3.07. The fourth-order valence-electron chi connectivity index (χ4n) is 2.92. The molecular weight excluding hydrogens is 446 g/mol. The quantitative estimate of drug-likeness (QED) is 0.423. The van der Waals surface area contributed by atoms with Crippen LogP contribution in [0.4, 0.5) is 4.79 Å². The summed E-state index contributed by atoms with van der Waals surface area (Å²) in [5.74, 6) is -0.676. The largest absolute Gasteiger partial charge is 0.466 e. The normalized spacial score (nSPS) is 12.5. The van der Waals surface area contributed by atoms with Crippen molar-refractivity contribution in [3.63, 3.8) is 0 Å². The Morgan fingerprint density at radius 3 is 2.15 bits per heavy atom. The van der Waals surface area contributed by atoms with Gasteiger partial charge in [0.2, 0.25) is 0 Å². The molecule has 180 valence electrons. The van der Waals surface area contributed by atoms with E-state index in [0.29, 0.717) is 5.56 Å². The number of carbonyl (C=O) groups excluding carboxylic acids is 2. The minimum Gasteiger partial charge on any atom is -0.466 e. The molecule has 0 heterocycles. The first-order valence-corrected chi connectivity index (χ1v) is 12.0. The van der Waals surface area contributed by atoms with Crippen molar-refractivity contribution in [3.8, 4) is 5.75 Å². The van der Waals surface area contributed by atoms with Crippen LogP contribution in [0.2, 0.25) is 0 Å². The lowest BCUT2D eigenvalue weighted by Gasteiger charge is -2.22. The standard InChI is InChI=1S/C24H31NO7S/c1-6-30-22(26)15-19(16-25-23(27)31-24(3,4)5)18-9-11-20(12-10-18)32-33(28,29)21-13-7-17(2)8-14-21/h7-14,19H,6,15-16H2,1-5H3,(H,25,27). The number of alkyl carbamates (subject to hydrolysis) is 1. The molecule has 1 N–H and O–H groups in total. The average Bonchev–Trinajstić information content (AvgIpc) is 2.71. The van der Waals surface area contributed by atoms with E-state index in [1.165, 1.54) is 24.3 Å². The minimum absolute atomic E-state index is 0.0332. The molecule has 0 aromatic heterocycles. The summed E-state index contributed by atoms with van der Waals surface area (Å²) < 4.78 is 40.5. The highest BCUT2D eigenvalue weighted by atomic mass is 32.2. The summed E-state index contributed by atoms with van der Waals surface area (Å²) in [7, 11) is -3.98. The molecule has 2 aromatic carbocycles. The van der Waals surface area contributed by atoms with Gasteiger partial charge in [0.25, 0.3) is 0 Å². The number of benzene rings is 2. The summed E-state index contributed by atoms with van der Waals surface area (Å²) in [6.07, 6.45) is -0.564. The number of nitrogens with one attached hydrogen (secondary N) is 1. The second kappa shape index (κ2) is 11.2. The highest BCUT2D eigenvalue weighted by Gasteiger charge is 2.22. The monoisotopic (exact) mass is 477 g/mol. The third kappa shape index (κ3) is 8.76. The van der Waals surface area contributed by atoms with Crippen molar-refractivity contribution in [1.82, 2.24) is 5.32 Å². The Balaban J connectivity index is 2.14. The third-order valence-corrected chi connectivity index (χ3v) is 5.74. The van der Waals surface area contributed by atoms with Gasteiger partial charge in [-0.1, -0.05) is 29.8 Å². The third-order valence-electron chi connectivity index (χ3n) is 4.48. The molecule has 0 spiro atoms. The maximum absolute atomic E-state index is 12.5. The molecule has 0 aliphatic rings. The molecule has 1 amide bonds. The molecule has 1 atom stereocenters. The average molecular weight is 478 g/mol.